The van der Waals surface area contributed by atoms with E-state index in [1.807, 2.05) is 29.2 Å². The quantitative estimate of drug-likeness (QED) is 0.797. The van der Waals surface area contributed by atoms with Crippen LogP contribution in [0.2, 0.25) is 0 Å². The molecule has 0 radical (unpaired) electrons. The van der Waals surface area contributed by atoms with Gasteiger partial charge in [-0.1, -0.05) is 24.0 Å². The van der Waals surface area contributed by atoms with E-state index in [9.17, 15) is 4.79 Å². The first-order valence-corrected chi connectivity index (χ1v) is 7.16. The summed E-state index contributed by atoms with van der Waals surface area (Å²) in [5.74, 6) is 5.53. The minimum atomic E-state index is -0.195. The Labute approximate surface area is 120 Å². The molecule has 0 aliphatic carbocycles. The molecule has 1 aromatic carbocycles. The predicted molar refractivity (Wildman–Crippen MR) is 79.4 cm³/mol. The highest BCUT2D eigenvalue weighted by molar-refractivity contribution is 5.97. The predicted octanol–water partition coefficient (Wildman–Crippen LogP) is 2.43. The van der Waals surface area contributed by atoms with Crippen LogP contribution in [0.15, 0.2) is 24.3 Å². The topological polar surface area (TPSA) is 40.5 Å². The molecule has 2 rings (SSSR count). The second-order valence-corrected chi connectivity index (χ2v) is 5.35. The molecule has 2 atom stereocenters. The summed E-state index contributed by atoms with van der Waals surface area (Å²) in [5.41, 5.74) is 1.32. The van der Waals surface area contributed by atoms with Gasteiger partial charge in [-0.3, -0.25) is 4.79 Å². The Morgan fingerprint density at radius 3 is 2.60 bits per heavy atom. The van der Waals surface area contributed by atoms with Gasteiger partial charge in [0.25, 0.3) is 5.91 Å². The molecule has 1 N–H and O–H groups in total. The molecule has 3 nitrogen and oxygen atoms in total. The number of hydrogen-bond acceptors (Lipinski definition) is 2. The third kappa shape index (κ3) is 3.02. The van der Waals surface area contributed by atoms with Gasteiger partial charge in [0.05, 0.1) is 5.56 Å². The van der Waals surface area contributed by atoms with E-state index in [1.54, 1.807) is 0 Å². The highest BCUT2D eigenvalue weighted by Gasteiger charge is 2.30. The number of nitrogens with zero attached hydrogens (tertiary/aromatic N) is 1. The number of aliphatic hydroxyl groups is 1. The van der Waals surface area contributed by atoms with Gasteiger partial charge in [0.15, 0.2) is 0 Å². The van der Waals surface area contributed by atoms with Crippen molar-refractivity contribution in [2.45, 2.75) is 45.2 Å². The third-order valence-corrected chi connectivity index (χ3v) is 3.89. The molecule has 1 saturated heterocycles. The summed E-state index contributed by atoms with van der Waals surface area (Å²) in [5, 5.41) is 8.82. The molecular weight excluding hydrogens is 250 g/mol. The van der Waals surface area contributed by atoms with Gasteiger partial charge in [0.2, 0.25) is 0 Å². The van der Waals surface area contributed by atoms with Gasteiger partial charge in [-0.2, -0.15) is 0 Å². The Kier molecular flexibility index (Phi) is 4.81. The summed E-state index contributed by atoms with van der Waals surface area (Å²) in [7, 11) is 0. The highest BCUT2D eigenvalue weighted by Crippen LogP contribution is 2.25. The van der Waals surface area contributed by atoms with E-state index in [0.29, 0.717) is 11.1 Å². The van der Waals surface area contributed by atoms with Gasteiger partial charge in [-0.05, 0) is 45.2 Å². The molecule has 1 aromatic rings. The van der Waals surface area contributed by atoms with Gasteiger partial charge < -0.3 is 10.0 Å². The SMILES string of the molecule is CC1CCCC(C)N1C(=O)c1ccccc1C#CCO. The smallest absolute Gasteiger partial charge is 0.255 e. The number of amides is 1. The lowest BCUT2D eigenvalue weighted by molar-refractivity contribution is 0.0510. The van der Waals surface area contributed by atoms with E-state index in [2.05, 4.69) is 25.7 Å². The lowest BCUT2D eigenvalue weighted by Crippen LogP contribution is -2.47. The molecule has 20 heavy (non-hydrogen) atoms. The summed E-state index contributed by atoms with van der Waals surface area (Å²) in [4.78, 5) is 14.8. The van der Waals surface area contributed by atoms with Crippen molar-refractivity contribution in [1.29, 1.82) is 0 Å². The standard InChI is InChI=1S/C17H21NO2/c1-13-7-5-8-14(2)18(13)17(20)16-11-4-3-9-15(16)10-6-12-19/h3-4,9,11,13-14,19H,5,7-8,12H2,1-2H3. The molecule has 3 heteroatoms. The van der Waals surface area contributed by atoms with Crippen molar-refractivity contribution in [3.8, 4) is 11.8 Å². The van der Waals surface area contributed by atoms with Gasteiger partial charge >= 0.3 is 0 Å². The normalized spacial score (nSPS) is 22.1. The molecule has 1 heterocycles. The van der Waals surface area contributed by atoms with Crippen molar-refractivity contribution in [2.24, 2.45) is 0 Å². The van der Waals surface area contributed by atoms with E-state index >= 15 is 0 Å². The molecular formula is C17H21NO2. The Morgan fingerprint density at radius 2 is 1.95 bits per heavy atom. The fourth-order valence-corrected chi connectivity index (χ4v) is 2.87. The van der Waals surface area contributed by atoms with Gasteiger partial charge in [-0.15, -0.1) is 0 Å². The van der Waals surface area contributed by atoms with Crippen molar-refractivity contribution < 1.29 is 9.90 Å². The molecule has 1 amide bonds. The van der Waals surface area contributed by atoms with Crippen molar-refractivity contribution >= 4 is 5.91 Å². The van der Waals surface area contributed by atoms with Gasteiger partial charge in [-0.25, -0.2) is 0 Å². The Balaban J connectivity index is 2.33. The zero-order valence-corrected chi connectivity index (χ0v) is 12.1. The molecule has 0 saturated carbocycles. The van der Waals surface area contributed by atoms with Crippen LogP contribution >= 0.6 is 0 Å². The molecule has 1 aliphatic rings. The van der Waals surface area contributed by atoms with Crippen LogP contribution in [0.25, 0.3) is 0 Å². The first-order valence-electron chi connectivity index (χ1n) is 7.16. The summed E-state index contributed by atoms with van der Waals surface area (Å²) in [6, 6.07) is 7.90. The van der Waals surface area contributed by atoms with E-state index in [-0.39, 0.29) is 24.6 Å². The minimum absolute atomic E-state index is 0.0486. The lowest BCUT2D eigenvalue weighted by atomic mass is 9.95. The number of benzene rings is 1. The molecule has 1 aliphatic heterocycles. The fraction of sp³-hybridized carbons (Fsp3) is 0.471. The van der Waals surface area contributed by atoms with Gasteiger partial charge in [0.1, 0.15) is 6.61 Å². The van der Waals surface area contributed by atoms with E-state index < -0.39 is 0 Å². The summed E-state index contributed by atoms with van der Waals surface area (Å²) in [6.07, 6.45) is 3.29. The minimum Gasteiger partial charge on any atom is -0.384 e. The van der Waals surface area contributed by atoms with Crippen LogP contribution in [0.4, 0.5) is 0 Å². The third-order valence-electron chi connectivity index (χ3n) is 3.89. The number of hydrogen-bond donors (Lipinski definition) is 1. The van der Waals surface area contributed by atoms with E-state index in [1.165, 1.54) is 6.42 Å². The van der Waals surface area contributed by atoms with Crippen molar-refractivity contribution in [2.75, 3.05) is 6.61 Å². The average Bonchev–Trinajstić information content (AvgIpc) is 2.45. The lowest BCUT2D eigenvalue weighted by Gasteiger charge is -2.39. The summed E-state index contributed by atoms with van der Waals surface area (Å²) in [6.45, 7) is 4.02. The van der Waals surface area contributed by atoms with Crippen LogP contribution < -0.4 is 0 Å². The van der Waals surface area contributed by atoms with Crippen LogP contribution in [0, 0.1) is 11.8 Å². The van der Waals surface area contributed by atoms with Crippen molar-refractivity contribution in [3.63, 3.8) is 0 Å². The van der Waals surface area contributed by atoms with Crippen molar-refractivity contribution in [3.05, 3.63) is 35.4 Å². The average molecular weight is 271 g/mol. The zero-order chi connectivity index (χ0) is 14.5. The number of rotatable bonds is 1. The maximum Gasteiger partial charge on any atom is 0.255 e. The number of carbonyl (C=O) groups excluding carboxylic acids is 1. The van der Waals surface area contributed by atoms with E-state index in [4.69, 9.17) is 5.11 Å². The monoisotopic (exact) mass is 271 g/mol. The number of piperidine rings is 1. The first-order chi connectivity index (χ1) is 9.65. The summed E-state index contributed by atoms with van der Waals surface area (Å²) >= 11 is 0. The Bertz CT molecular complexity index is 531. The molecule has 106 valence electrons. The second kappa shape index (κ2) is 6.58. The molecule has 0 aromatic heterocycles. The van der Waals surface area contributed by atoms with Crippen LogP contribution in [-0.2, 0) is 0 Å². The molecule has 0 spiro atoms. The maximum absolute atomic E-state index is 12.8. The molecule has 1 fully saturated rings. The number of likely N-dealkylation sites (tertiary alicyclic amines) is 1. The second-order valence-electron chi connectivity index (χ2n) is 5.35. The highest BCUT2D eigenvalue weighted by atomic mass is 16.2. The maximum atomic E-state index is 12.8. The number of carbonyl (C=O) groups is 1. The molecule has 0 bridgehead atoms. The van der Waals surface area contributed by atoms with Crippen LogP contribution in [0.5, 0.6) is 0 Å². The van der Waals surface area contributed by atoms with Crippen molar-refractivity contribution in [1.82, 2.24) is 4.90 Å². The fourth-order valence-electron chi connectivity index (χ4n) is 2.87. The van der Waals surface area contributed by atoms with Gasteiger partial charge in [0, 0.05) is 17.6 Å². The van der Waals surface area contributed by atoms with E-state index in [0.717, 1.165) is 12.8 Å². The van der Waals surface area contributed by atoms with Crippen LogP contribution in [0.1, 0.15) is 49.0 Å². The van der Waals surface area contributed by atoms with Crippen LogP contribution in [-0.4, -0.2) is 34.6 Å². The first kappa shape index (κ1) is 14.6. The molecule has 2 unspecified atom stereocenters. The Hall–Kier alpha value is -1.79. The largest absolute Gasteiger partial charge is 0.384 e. The number of aliphatic hydroxyl groups excluding tert-OH is 1. The summed E-state index contributed by atoms with van der Waals surface area (Å²) < 4.78 is 0. The van der Waals surface area contributed by atoms with Crippen LogP contribution in [0.3, 0.4) is 0 Å². The zero-order valence-electron chi connectivity index (χ0n) is 12.1. The Morgan fingerprint density at radius 1 is 1.30 bits per heavy atom.